The van der Waals surface area contributed by atoms with Gasteiger partial charge in [-0.15, -0.1) is 11.3 Å². The largest absolute Gasteiger partial charge is 0.339 e. The molecule has 2 heterocycles. The first kappa shape index (κ1) is 14.4. The molecule has 2 aromatic rings. The molecule has 0 atom stereocenters. The predicted molar refractivity (Wildman–Crippen MR) is 82.3 cm³/mol. The van der Waals surface area contributed by atoms with E-state index in [2.05, 4.69) is 6.92 Å². The van der Waals surface area contributed by atoms with Crippen LogP contribution in [0.1, 0.15) is 37.2 Å². The van der Waals surface area contributed by atoms with E-state index < -0.39 is 0 Å². The Morgan fingerprint density at radius 2 is 2.16 bits per heavy atom. The zero-order valence-electron chi connectivity index (χ0n) is 11.6. The van der Waals surface area contributed by atoms with Crippen molar-refractivity contribution in [1.29, 1.82) is 0 Å². The fourth-order valence-corrected chi connectivity index (χ4v) is 3.41. The number of halogens is 1. The Hall–Kier alpha value is -1.00. The summed E-state index contributed by atoms with van der Waals surface area (Å²) in [5, 5.41) is 0. The maximum absolute atomic E-state index is 12.5. The molecule has 0 aliphatic carbocycles. The number of aromatic nitrogens is 1. The molecule has 2 rings (SSSR count). The molecule has 0 radical (unpaired) electrons. The van der Waals surface area contributed by atoms with Gasteiger partial charge in [0.15, 0.2) is 0 Å². The molecule has 3 nitrogen and oxygen atoms in total. The van der Waals surface area contributed by atoms with E-state index in [9.17, 15) is 4.79 Å². The second-order valence-electron chi connectivity index (χ2n) is 4.63. The first-order valence-electron chi connectivity index (χ1n) is 6.62. The summed E-state index contributed by atoms with van der Waals surface area (Å²) in [4.78, 5) is 14.4. The van der Waals surface area contributed by atoms with Crippen molar-refractivity contribution in [2.75, 3.05) is 13.1 Å². The smallest absolute Gasteiger partial charge is 0.270 e. The third-order valence-corrected chi connectivity index (χ3v) is 4.57. The van der Waals surface area contributed by atoms with Crippen molar-refractivity contribution in [2.45, 2.75) is 26.7 Å². The van der Waals surface area contributed by atoms with Crippen molar-refractivity contribution in [2.24, 2.45) is 7.05 Å². The molecule has 0 aromatic carbocycles. The lowest BCUT2D eigenvalue weighted by atomic mass is 10.3. The van der Waals surface area contributed by atoms with Crippen molar-refractivity contribution in [3.05, 3.63) is 22.2 Å². The summed E-state index contributed by atoms with van der Waals surface area (Å²) >= 11 is 7.51. The second-order valence-corrected chi connectivity index (χ2v) is 6.34. The van der Waals surface area contributed by atoms with Crippen molar-refractivity contribution in [1.82, 2.24) is 9.47 Å². The predicted octanol–water partition coefficient (Wildman–Crippen LogP) is 4.16. The Bertz CT molecular complexity index is 588. The lowest BCUT2D eigenvalue weighted by Gasteiger charge is -2.20. The Morgan fingerprint density at radius 1 is 1.42 bits per heavy atom. The highest BCUT2D eigenvalue weighted by molar-refractivity contribution is 7.22. The van der Waals surface area contributed by atoms with Crippen LogP contribution in [0.3, 0.4) is 0 Å². The van der Waals surface area contributed by atoms with Crippen molar-refractivity contribution < 1.29 is 4.79 Å². The highest BCUT2D eigenvalue weighted by atomic mass is 35.5. The number of nitrogens with zero attached hydrogens (tertiary/aromatic N) is 2. The van der Waals surface area contributed by atoms with Gasteiger partial charge in [0.05, 0.1) is 14.6 Å². The van der Waals surface area contributed by atoms with E-state index in [0.717, 1.165) is 46.2 Å². The fourth-order valence-electron chi connectivity index (χ4n) is 2.20. The summed E-state index contributed by atoms with van der Waals surface area (Å²) < 4.78 is 3.77. The maximum Gasteiger partial charge on any atom is 0.270 e. The number of hydrogen-bond donors (Lipinski definition) is 0. The number of thiophene rings is 1. The zero-order valence-corrected chi connectivity index (χ0v) is 13.1. The van der Waals surface area contributed by atoms with Gasteiger partial charge in [0.2, 0.25) is 0 Å². The van der Waals surface area contributed by atoms with Gasteiger partial charge in [-0.05, 0) is 25.5 Å². The van der Waals surface area contributed by atoms with Crippen LogP contribution in [0, 0.1) is 0 Å². The van der Waals surface area contributed by atoms with E-state index in [1.165, 1.54) is 11.3 Å². The highest BCUT2D eigenvalue weighted by Gasteiger charge is 2.19. The van der Waals surface area contributed by atoms with Crippen LogP contribution in [0.4, 0.5) is 0 Å². The van der Waals surface area contributed by atoms with Crippen LogP contribution in [0.15, 0.2) is 12.1 Å². The monoisotopic (exact) mass is 298 g/mol. The van der Waals surface area contributed by atoms with Crippen LogP contribution in [0.5, 0.6) is 0 Å². The van der Waals surface area contributed by atoms with E-state index in [0.29, 0.717) is 0 Å². The average Bonchev–Trinajstić information content (AvgIpc) is 2.89. The Morgan fingerprint density at radius 3 is 2.74 bits per heavy atom. The number of rotatable bonds is 5. The first-order valence-corrected chi connectivity index (χ1v) is 7.82. The van der Waals surface area contributed by atoms with Crippen molar-refractivity contribution in [3.63, 3.8) is 0 Å². The maximum atomic E-state index is 12.5. The van der Waals surface area contributed by atoms with Crippen LogP contribution in [0.25, 0.3) is 10.2 Å². The van der Waals surface area contributed by atoms with Crippen LogP contribution < -0.4 is 0 Å². The zero-order chi connectivity index (χ0) is 14.0. The SMILES string of the molecule is CCCCN(CC)C(=O)c1cc2sc(Cl)cc2n1C. The third kappa shape index (κ3) is 2.79. The summed E-state index contributed by atoms with van der Waals surface area (Å²) in [5.74, 6) is 0.109. The first-order chi connectivity index (χ1) is 9.08. The van der Waals surface area contributed by atoms with E-state index in [1.54, 1.807) is 0 Å². The minimum atomic E-state index is 0.109. The molecule has 0 saturated carbocycles. The topological polar surface area (TPSA) is 25.2 Å². The van der Waals surface area contributed by atoms with Gasteiger partial charge >= 0.3 is 0 Å². The van der Waals surface area contributed by atoms with Gasteiger partial charge in [-0.2, -0.15) is 0 Å². The second kappa shape index (κ2) is 5.97. The lowest BCUT2D eigenvalue weighted by Crippen LogP contribution is -2.32. The molecule has 2 aromatic heterocycles. The summed E-state index contributed by atoms with van der Waals surface area (Å²) in [7, 11) is 1.92. The van der Waals surface area contributed by atoms with Crippen LogP contribution in [-0.4, -0.2) is 28.5 Å². The molecule has 19 heavy (non-hydrogen) atoms. The minimum absolute atomic E-state index is 0.109. The van der Waals surface area contributed by atoms with E-state index >= 15 is 0 Å². The van der Waals surface area contributed by atoms with Gasteiger partial charge in [0, 0.05) is 20.1 Å². The lowest BCUT2D eigenvalue weighted by molar-refractivity contribution is 0.0753. The van der Waals surface area contributed by atoms with E-state index in [4.69, 9.17) is 11.6 Å². The molecule has 0 aliphatic heterocycles. The molecule has 5 heteroatoms. The van der Waals surface area contributed by atoms with Gasteiger partial charge in [-0.1, -0.05) is 24.9 Å². The van der Waals surface area contributed by atoms with Gasteiger partial charge in [-0.3, -0.25) is 4.79 Å². The van der Waals surface area contributed by atoms with Crippen LogP contribution in [0.2, 0.25) is 4.34 Å². The molecule has 0 unspecified atom stereocenters. The van der Waals surface area contributed by atoms with E-state index in [-0.39, 0.29) is 5.91 Å². The molecule has 0 aliphatic rings. The third-order valence-electron chi connectivity index (χ3n) is 3.37. The summed E-state index contributed by atoms with van der Waals surface area (Å²) in [6, 6.07) is 3.86. The minimum Gasteiger partial charge on any atom is -0.339 e. The number of carbonyl (C=O) groups is 1. The molecular formula is C14H19ClN2OS. The molecule has 0 bridgehead atoms. The number of amides is 1. The Kier molecular flexibility index (Phi) is 4.53. The highest BCUT2D eigenvalue weighted by Crippen LogP contribution is 2.31. The molecule has 1 amide bonds. The van der Waals surface area contributed by atoms with Gasteiger partial charge in [-0.25, -0.2) is 0 Å². The van der Waals surface area contributed by atoms with Crippen LogP contribution in [-0.2, 0) is 7.05 Å². The number of aryl methyl sites for hydroxylation is 1. The van der Waals surface area contributed by atoms with Gasteiger partial charge in [0.25, 0.3) is 5.91 Å². The molecule has 0 fully saturated rings. The molecule has 104 valence electrons. The molecule has 0 spiro atoms. The van der Waals surface area contributed by atoms with Gasteiger partial charge in [0.1, 0.15) is 5.69 Å². The Labute approximate surface area is 122 Å². The Balaban J connectivity index is 2.29. The number of fused-ring (bicyclic) bond motifs is 1. The number of carbonyl (C=O) groups excluding carboxylic acids is 1. The van der Waals surface area contributed by atoms with Gasteiger partial charge < -0.3 is 9.47 Å². The summed E-state index contributed by atoms with van der Waals surface area (Å²) in [6.07, 6.45) is 2.14. The van der Waals surface area contributed by atoms with E-state index in [1.807, 2.05) is 35.6 Å². The molecule has 0 saturated heterocycles. The molecular weight excluding hydrogens is 280 g/mol. The summed E-state index contributed by atoms with van der Waals surface area (Å²) in [6.45, 7) is 5.73. The fraction of sp³-hybridized carbons (Fsp3) is 0.500. The summed E-state index contributed by atoms with van der Waals surface area (Å²) in [5.41, 5.74) is 1.78. The van der Waals surface area contributed by atoms with Crippen molar-refractivity contribution in [3.8, 4) is 0 Å². The molecule has 0 N–H and O–H groups in total. The van der Waals surface area contributed by atoms with Crippen molar-refractivity contribution >= 4 is 39.1 Å². The normalized spacial score (nSPS) is 11.2. The number of unbranched alkanes of at least 4 members (excludes halogenated alkanes) is 1. The number of hydrogen-bond acceptors (Lipinski definition) is 2. The average molecular weight is 299 g/mol. The standard InChI is InChI=1S/C14H19ClN2OS/c1-4-6-7-17(5-2)14(18)11-8-12-10(16(11)3)9-13(15)19-12/h8-9H,4-7H2,1-3H3. The quantitative estimate of drug-likeness (QED) is 0.814. The van der Waals surface area contributed by atoms with Crippen LogP contribution >= 0.6 is 22.9 Å².